The number of aliphatic hydroxyl groups is 2. The summed E-state index contributed by atoms with van der Waals surface area (Å²) in [4.78, 5) is 29.8. The van der Waals surface area contributed by atoms with E-state index in [1.807, 2.05) is 74.5 Å². The van der Waals surface area contributed by atoms with E-state index < -0.39 is 17.1 Å². The van der Waals surface area contributed by atoms with E-state index in [-0.39, 0.29) is 36.9 Å². The van der Waals surface area contributed by atoms with E-state index in [0.717, 1.165) is 29.5 Å². The van der Waals surface area contributed by atoms with Crippen molar-refractivity contribution in [2.75, 3.05) is 20.8 Å². The number of benzene rings is 3. The molecule has 0 unspecified atom stereocenters. The van der Waals surface area contributed by atoms with Gasteiger partial charge in [-0.3, -0.25) is 4.79 Å². The average molecular weight is 683 g/mol. The van der Waals surface area contributed by atoms with Gasteiger partial charge in [-0.15, -0.1) is 0 Å². The molecule has 6 rings (SSSR count). The first-order valence-corrected chi connectivity index (χ1v) is 17.9. The summed E-state index contributed by atoms with van der Waals surface area (Å²) in [5.74, 6) is 1.03. The largest absolute Gasteiger partial charge is 0.497 e. The van der Waals surface area contributed by atoms with E-state index in [1.54, 1.807) is 25.2 Å². The molecule has 3 aromatic rings. The summed E-state index contributed by atoms with van der Waals surface area (Å²) in [6, 6.07) is 20.5. The minimum absolute atomic E-state index is 0.0675. The Morgan fingerprint density at radius 3 is 2.46 bits per heavy atom. The Morgan fingerprint density at radius 1 is 1.00 bits per heavy atom. The van der Waals surface area contributed by atoms with Crippen LogP contribution in [-0.2, 0) is 13.0 Å². The smallest absolute Gasteiger partial charge is 0.317 e. The number of carbonyl (C=O) groups is 2. The monoisotopic (exact) mass is 682 g/mol. The lowest BCUT2D eigenvalue weighted by atomic mass is 9.64. The summed E-state index contributed by atoms with van der Waals surface area (Å²) in [6.07, 6.45) is 6.06. The summed E-state index contributed by atoms with van der Waals surface area (Å²) in [7, 11) is 3.19. The Labute approximate surface area is 297 Å². The van der Waals surface area contributed by atoms with E-state index in [9.17, 15) is 19.8 Å². The van der Waals surface area contributed by atoms with E-state index in [1.165, 1.54) is 5.57 Å². The minimum Gasteiger partial charge on any atom is -0.497 e. The molecule has 3 aliphatic rings. The van der Waals surface area contributed by atoms with Gasteiger partial charge < -0.3 is 29.9 Å². The number of rotatable bonds is 9. The highest BCUT2D eigenvalue weighted by Crippen LogP contribution is 2.59. The second-order valence-corrected chi connectivity index (χ2v) is 14.8. The predicted octanol–water partition coefficient (Wildman–Crippen LogP) is 7.59. The highest BCUT2D eigenvalue weighted by molar-refractivity contribution is 6.10. The number of methoxy groups -OCH3 is 2. The molecule has 3 aliphatic carbocycles. The van der Waals surface area contributed by atoms with E-state index in [2.05, 4.69) is 25.2 Å². The van der Waals surface area contributed by atoms with Crippen LogP contribution in [0.5, 0.6) is 11.5 Å². The van der Waals surface area contributed by atoms with Gasteiger partial charge in [-0.25, -0.2) is 4.79 Å². The van der Waals surface area contributed by atoms with Crippen LogP contribution in [0.3, 0.4) is 0 Å². The zero-order valence-corrected chi connectivity index (χ0v) is 30.5. The standard InChI is InChI=1S/C42H54N2O6/c1-28(2)43-40(47)44(26-32-16-18-34(49-5)25-38(32)50-6)27-42(48)22-20-37-35-19-15-30(24-36(35)39(46)31-12-8-7-9-13-31)23-33(45)17-14-29(3)11-10-21-41(37,42)4/h7-9,11-13,15-16,18-19,24-25,28,33,37,45,48H,10,14,17,20-23,26-27H2,1-6H3,(H,43,47)/t33-,37-,41-,42+/m0/s1. The number of hydrogen-bond acceptors (Lipinski definition) is 6. The van der Waals surface area contributed by atoms with Crippen LogP contribution in [-0.4, -0.2) is 65.4 Å². The molecule has 0 heterocycles. The highest BCUT2D eigenvalue weighted by Gasteiger charge is 2.57. The fourth-order valence-electron chi connectivity index (χ4n) is 7.98. The molecule has 0 aliphatic heterocycles. The fourth-order valence-corrected chi connectivity index (χ4v) is 7.98. The molecule has 8 nitrogen and oxygen atoms in total. The van der Waals surface area contributed by atoms with Crippen molar-refractivity contribution in [1.82, 2.24) is 10.2 Å². The van der Waals surface area contributed by atoms with Crippen LogP contribution in [0.25, 0.3) is 0 Å². The van der Waals surface area contributed by atoms with Crippen molar-refractivity contribution in [3.05, 3.63) is 106 Å². The number of ether oxygens (including phenoxy) is 2. The van der Waals surface area contributed by atoms with Gasteiger partial charge in [0.05, 0.1) is 39.0 Å². The van der Waals surface area contributed by atoms with Gasteiger partial charge in [0.1, 0.15) is 11.5 Å². The van der Waals surface area contributed by atoms with Gasteiger partial charge in [-0.1, -0.05) is 61.0 Å². The molecule has 1 saturated carbocycles. The van der Waals surface area contributed by atoms with Gasteiger partial charge >= 0.3 is 6.03 Å². The van der Waals surface area contributed by atoms with Crippen molar-refractivity contribution in [3.8, 4) is 11.5 Å². The quantitative estimate of drug-likeness (QED) is 0.159. The SMILES string of the molecule is COc1ccc(CN(C[C@]2(O)CC[C@H]3c4ccc(cc4C(=O)c4ccccc4)C[C@@H](O)CCC(C)=CCC[C@@]32C)C(=O)NC(C)C)c(OC)c1. The zero-order chi connectivity index (χ0) is 36.1. The summed E-state index contributed by atoms with van der Waals surface area (Å²) >= 11 is 0. The number of carbonyl (C=O) groups excluding carboxylic acids is 2. The Kier molecular flexibility index (Phi) is 11.7. The van der Waals surface area contributed by atoms with Gasteiger partial charge in [-0.05, 0) is 101 Å². The van der Waals surface area contributed by atoms with Crippen molar-refractivity contribution < 1.29 is 29.3 Å². The maximum Gasteiger partial charge on any atom is 0.317 e. The molecule has 8 heteroatoms. The van der Waals surface area contributed by atoms with Crippen molar-refractivity contribution in [1.29, 1.82) is 0 Å². The van der Waals surface area contributed by atoms with Crippen LogP contribution < -0.4 is 14.8 Å². The summed E-state index contributed by atoms with van der Waals surface area (Å²) in [6.45, 7) is 8.41. The first kappa shape index (κ1) is 37.1. The van der Waals surface area contributed by atoms with Gasteiger partial charge in [0.15, 0.2) is 5.78 Å². The number of hydrogen-bond donors (Lipinski definition) is 3. The maximum absolute atomic E-state index is 14.2. The van der Waals surface area contributed by atoms with Crippen LogP contribution in [0.1, 0.15) is 105 Å². The molecule has 2 amide bonds. The first-order chi connectivity index (χ1) is 23.9. The molecular weight excluding hydrogens is 628 g/mol. The van der Waals surface area contributed by atoms with Crippen LogP contribution in [0, 0.1) is 5.41 Å². The second kappa shape index (κ2) is 15.8. The van der Waals surface area contributed by atoms with Crippen LogP contribution in [0.4, 0.5) is 4.79 Å². The van der Waals surface area contributed by atoms with E-state index in [4.69, 9.17) is 9.47 Å². The maximum atomic E-state index is 14.2. The van der Waals surface area contributed by atoms with Gasteiger partial charge in [0, 0.05) is 34.2 Å². The number of ketones is 1. The van der Waals surface area contributed by atoms with Gasteiger partial charge in [0.25, 0.3) is 0 Å². The van der Waals surface area contributed by atoms with Crippen LogP contribution >= 0.6 is 0 Å². The third-order valence-corrected chi connectivity index (χ3v) is 11.0. The number of urea groups is 1. The van der Waals surface area contributed by atoms with E-state index >= 15 is 0 Å². The molecule has 0 aromatic heterocycles. The highest BCUT2D eigenvalue weighted by atomic mass is 16.5. The van der Waals surface area contributed by atoms with E-state index in [0.29, 0.717) is 54.7 Å². The Balaban J connectivity index is 1.60. The molecule has 0 radical (unpaired) electrons. The summed E-state index contributed by atoms with van der Waals surface area (Å²) in [5, 5.41) is 27.0. The number of nitrogens with one attached hydrogen (secondary N) is 1. The van der Waals surface area contributed by atoms with Gasteiger partial charge in [-0.2, -0.15) is 0 Å². The number of amides is 2. The topological polar surface area (TPSA) is 108 Å². The number of fused-ring (bicyclic) bond motifs is 8. The molecular formula is C42H54N2O6. The molecule has 50 heavy (non-hydrogen) atoms. The lowest BCUT2D eigenvalue weighted by Gasteiger charge is -2.46. The lowest BCUT2D eigenvalue weighted by Crippen LogP contribution is -2.55. The molecule has 3 N–H and O–H groups in total. The molecule has 268 valence electrons. The zero-order valence-electron chi connectivity index (χ0n) is 30.5. The molecule has 0 saturated heterocycles. The van der Waals surface area contributed by atoms with Crippen molar-refractivity contribution >= 4 is 11.8 Å². The number of allylic oxidation sites excluding steroid dienone is 2. The lowest BCUT2D eigenvalue weighted by molar-refractivity contribution is -0.0781. The van der Waals surface area contributed by atoms with Gasteiger partial charge in [0.2, 0.25) is 0 Å². The Morgan fingerprint density at radius 2 is 1.76 bits per heavy atom. The molecule has 1 fully saturated rings. The first-order valence-electron chi connectivity index (χ1n) is 17.9. The number of aliphatic hydroxyl groups excluding tert-OH is 1. The molecule has 3 aromatic carbocycles. The predicted molar refractivity (Wildman–Crippen MR) is 197 cm³/mol. The summed E-state index contributed by atoms with van der Waals surface area (Å²) < 4.78 is 11.1. The fraction of sp³-hybridized carbons (Fsp3) is 0.476. The molecule has 0 spiro atoms. The second-order valence-electron chi connectivity index (χ2n) is 14.8. The van der Waals surface area contributed by atoms with Crippen LogP contribution in [0.15, 0.2) is 78.4 Å². The normalized spacial score (nSPS) is 23.8. The Hall–Kier alpha value is -4.14. The summed E-state index contributed by atoms with van der Waals surface area (Å²) in [5.41, 5.74) is 3.08. The van der Waals surface area contributed by atoms with Crippen molar-refractivity contribution in [3.63, 3.8) is 0 Å². The Bertz CT molecular complexity index is 1690. The van der Waals surface area contributed by atoms with Crippen molar-refractivity contribution in [2.45, 2.75) is 103 Å². The van der Waals surface area contributed by atoms with Crippen LogP contribution in [0.2, 0.25) is 0 Å². The minimum atomic E-state index is -1.27. The average Bonchev–Trinajstić information content (AvgIpc) is 3.35. The molecule has 2 bridgehead atoms. The number of nitrogens with zero attached hydrogens (tertiary/aromatic N) is 1. The third-order valence-electron chi connectivity index (χ3n) is 11.0. The molecule has 4 atom stereocenters. The third kappa shape index (κ3) is 8.08. The van der Waals surface area contributed by atoms with Crippen molar-refractivity contribution in [2.24, 2.45) is 5.41 Å².